The topological polar surface area (TPSA) is 79.4 Å². The summed E-state index contributed by atoms with van der Waals surface area (Å²) in [5, 5.41) is 0. The lowest BCUT2D eigenvalue weighted by Crippen LogP contribution is -2.52. The van der Waals surface area contributed by atoms with Gasteiger partial charge in [0.05, 0.1) is 20.8 Å². The standard InChI is InChI=1S/C24H30FN3O5S/c1-32-18-9-10-19(22(16-18)33-2)21-7-5-11-27(21)17-24(29)26-12-14-28(15-13-26)34(30,31)23-8-4-3-6-20(23)25/h3-4,6,8-10,16,21H,5,7,11-15,17H2,1-2H3. The summed E-state index contributed by atoms with van der Waals surface area (Å²) < 4.78 is 51.8. The van der Waals surface area contributed by atoms with Crippen molar-refractivity contribution in [3.05, 3.63) is 53.8 Å². The third kappa shape index (κ3) is 4.89. The molecule has 1 atom stereocenters. The molecule has 1 amide bonds. The minimum atomic E-state index is -3.94. The molecule has 2 saturated heterocycles. The third-order valence-corrected chi connectivity index (χ3v) is 8.48. The van der Waals surface area contributed by atoms with Crippen molar-refractivity contribution in [3.63, 3.8) is 0 Å². The zero-order valence-electron chi connectivity index (χ0n) is 19.4. The lowest BCUT2D eigenvalue weighted by molar-refractivity contribution is -0.133. The van der Waals surface area contributed by atoms with Gasteiger partial charge in [0.2, 0.25) is 15.9 Å². The van der Waals surface area contributed by atoms with Crippen LogP contribution in [0.4, 0.5) is 4.39 Å². The number of rotatable bonds is 7. The molecule has 1 unspecified atom stereocenters. The fraction of sp³-hybridized carbons (Fsp3) is 0.458. The molecule has 34 heavy (non-hydrogen) atoms. The number of benzene rings is 2. The highest BCUT2D eigenvalue weighted by atomic mass is 32.2. The minimum absolute atomic E-state index is 0.0395. The van der Waals surface area contributed by atoms with E-state index < -0.39 is 15.8 Å². The smallest absolute Gasteiger partial charge is 0.246 e. The highest BCUT2D eigenvalue weighted by molar-refractivity contribution is 7.89. The molecule has 2 aromatic carbocycles. The molecule has 0 aromatic heterocycles. The first kappa shape index (κ1) is 24.4. The number of hydrogen-bond acceptors (Lipinski definition) is 6. The van der Waals surface area contributed by atoms with E-state index in [4.69, 9.17) is 9.47 Å². The Hall–Kier alpha value is -2.69. The molecule has 2 fully saturated rings. The molecular formula is C24H30FN3O5S. The number of methoxy groups -OCH3 is 2. The molecule has 8 nitrogen and oxygen atoms in total. The molecule has 184 valence electrons. The van der Waals surface area contributed by atoms with Crippen LogP contribution in [0.5, 0.6) is 11.5 Å². The molecule has 0 spiro atoms. The van der Waals surface area contributed by atoms with E-state index in [1.807, 2.05) is 18.2 Å². The molecule has 0 saturated carbocycles. The second-order valence-corrected chi connectivity index (χ2v) is 10.4. The monoisotopic (exact) mass is 491 g/mol. The molecule has 10 heteroatoms. The molecule has 0 N–H and O–H groups in total. The zero-order valence-corrected chi connectivity index (χ0v) is 20.3. The van der Waals surface area contributed by atoms with Crippen LogP contribution in [0.1, 0.15) is 24.4 Å². The number of amides is 1. The van der Waals surface area contributed by atoms with Gasteiger partial charge in [0.15, 0.2) is 0 Å². The number of carbonyl (C=O) groups excluding carboxylic acids is 1. The fourth-order valence-corrected chi connectivity index (χ4v) is 6.19. The minimum Gasteiger partial charge on any atom is -0.497 e. The lowest BCUT2D eigenvalue weighted by atomic mass is 10.0. The summed E-state index contributed by atoms with van der Waals surface area (Å²) in [5.74, 6) is 0.637. The lowest BCUT2D eigenvalue weighted by Gasteiger charge is -2.35. The number of piperazine rings is 1. The summed E-state index contributed by atoms with van der Waals surface area (Å²) in [6.07, 6.45) is 1.90. The Kier molecular flexibility index (Phi) is 7.39. The maximum atomic E-state index is 14.1. The van der Waals surface area contributed by atoms with Gasteiger partial charge in [0, 0.05) is 43.9 Å². The van der Waals surface area contributed by atoms with Crippen LogP contribution in [0.2, 0.25) is 0 Å². The molecule has 4 rings (SSSR count). The van der Waals surface area contributed by atoms with Gasteiger partial charge in [-0.2, -0.15) is 4.31 Å². The third-order valence-electron chi connectivity index (χ3n) is 6.55. The Morgan fingerprint density at radius 3 is 2.44 bits per heavy atom. The highest BCUT2D eigenvalue weighted by Crippen LogP contribution is 2.38. The number of sulfonamides is 1. The van der Waals surface area contributed by atoms with E-state index in [2.05, 4.69) is 4.90 Å². The van der Waals surface area contributed by atoms with Crippen LogP contribution in [0.3, 0.4) is 0 Å². The summed E-state index contributed by atoms with van der Waals surface area (Å²) in [4.78, 5) is 16.6. The van der Waals surface area contributed by atoms with Gasteiger partial charge in [0.1, 0.15) is 22.2 Å². The van der Waals surface area contributed by atoms with Gasteiger partial charge in [-0.25, -0.2) is 12.8 Å². The number of halogens is 1. The van der Waals surface area contributed by atoms with E-state index in [0.717, 1.165) is 36.8 Å². The van der Waals surface area contributed by atoms with E-state index in [0.29, 0.717) is 5.75 Å². The molecule has 0 radical (unpaired) electrons. The van der Waals surface area contributed by atoms with Crippen molar-refractivity contribution in [2.24, 2.45) is 0 Å². The molecule has 2 aliphatic rings. The van der Waals surface area contributed by atoms with E-state index in [1.54, 1.807) is 19.1 Å². The number of ether oxygens (including phenoxy) is 2. The Bertz CT molecular complexity index is 1140. The van der Waals surface area contributed by atoms with Crippen molar-refractivity contribution >= 4 is 15.9 Å². The SMILES string of the molecule is COc1ccc(C2CCCN2CC(=O)N2CCN(S(=O)(=O)c3ccccc3F)CC2)c(OC)c1. The molecule has 2 heterocycles. The van der Waals surface area contributed by atoms with Crippen molar-refractivity contribution in [2.75, 3.05) is 53.5 Å². The van der Waals surface area contributed by atoms with Crippen LogP contribution in [0, 0.1) is 5.82 Å². The average Bonchev–Trinajstić information content (AvgIpc) is 3.31. The van der Waals surface area contributed by atoms with Gasteiger partial charge < -0.3 is 14.4 Å². The predicted molar refractivity (Wildman–Crippen MR) is 125 cm³/mol. The Morgan fingerprint density at radius 2 is 1.76 bits per heavy atom. The molecular weight excluding hydrogens is 461 g/mol. The first-order chi connectivity index (χ1) is 16.3. The van der Waals surface area contributed by atoms with Gasteiger partial charge in [-0.3, -0.25) is 9.69 Å². The summed E-state index contributed by atoms with van der Waals surface area (Å²) in [7, 11) is -0.707. The predicted octanol–water partition coefficient (Wildman–Crippen LogP) is 2.51. The maximum absolute atomic E-state index is 14.1. The number of nitrogens with zero attached hydrogens (tertiary/aromatic N) is 3. The van der Waals surface area contributed by atoms with E-state index >= 15 is 0 Å². The summed E-state index contributed by atoms with van der Waals surface area (Å²) >= 11 is 0. The largest absolute Gasteiger partial charge is 0.497 e. The Labute approximate surface area is 199 Å². The molecule has 2 aromatic rings. The summed E-state index contributed by atoms with van der Waals surface area (Å²) in [6.45, 7) is 1.87. The highest BCUT2D eigenvalue weighted by Gasteiger charge is 2.34. The summed E-state index contributed by atoms with van der Waals surface area (Å²) in [6, 6.07) is 11.1. The molecule has 0 aliphatic carbocycles. The van der Waals surface area contributed by atoms with Gasteiger partial charge in [-0.05, 0) is 37.6 Å². The molecule has 2 aliphatic heterocycles. The number of hydrogen-bond donors (Lipinski definition) is 0. The van der Waals surface area contributed by atoms with Crippen LogP contribution < -0.4 is 9.47 Å². The zero-order chi connectivity index (χ0) is 24.3. The second-order valence-electron chi connectivity index (χ2n) is 8.45. The van der Waals surface area contributed by atoms with Crippen molar-refractivity contribution < 1.29 is 27.1 Å². The van der Waals surface area contributed by atoms with Crippen molar-refractivity contribution in [3.8, 4) is 11.5 Å². The van der Waals surface area contributed by atoms with E-state index in [1.165, 1.54) is 22.5 Å². The average molecular weight is 492 g/mol. The first-order valence-corrected chi connectivity index (χ1v) is 12.8. The van der Waals surface area contributed by atoms with Crippen LogP contribution >= 0.6 is 0 Å². The van der Waals surface area contributed by atoms with Crippen LogP contribution in [0.25, 0.3) is 0 Å². The van der Waals surface area contributed by atoms with Crippen LogP contribution in [-0.2, 0) is 14.8 Å². The Morgan fingerprint density at radius 1 is 1.03 bits per heavy atom. The van der Waals surface area contributed by atoms with E-state index in [9.17, 15) is 17.6 Å². The van der Waals surface area contributed by atoms with Crippen LogP contribution in [0.15, 0.2) is 47.4 Å². The van der Waals surface area contributed by atoms with Crippen molar-refractivity contribution in [1.29, 1.82) is 0 Å². The number of likely N-dealkylation sites (tertiary alicyclic amines) is 1. The van der Waals surface area contributed by atoms with Gasteiger partial charge in [0.25, 0.3) is 0 Å². The van der Waals surface area contributed by atoms with Crippen LogP contribution in [-0.4, -0.2) is 81.9 Å². The first-order valence-electron chi connectivity index (χ1n) is 11.3. The van der Waals surface area contributed by atoms with Crippen molar-refractivity contribution in [2.45, 2.75) is 23.8 Å². The van der Waals surface area contributed by atoms with Gasteiger partial charge >= 0.3 is 0 Å². The second kappa shape index (κ2) is 10.3. The fourth-order valence-electron chi connectivity index (χ4n) is 4.71. The maximum Gasteiger partial charge on any atom is 0.246 e. The van der Waals surface area contributed by atoms with Gasteiger partial charge in [-0.1, -0.05) is 18.2 Å². The number of carbonyl (C=O) groups is 1. The van der Waals surface area contributed by atoms with Gasteiger partial charge in [-0.15, -0.1) is 0 Å². The van der Waals surface area contributed by atoms with E-state index in [-0.39, 0.29) is 49.6 Å². The van der Waals surface area contributed by atoms with Crippen molar-refractivity contribution in [1.82, 2.24) is 14.1 Å². The molecule has 0 bridgehead atoms. The normalized spacial score (nSPS) is 19.9. The quantitative estimate of drug-likeness (QED) is 0.592. The Balaban J connectivity index is 1.39. The summed E-state index contributed by atoms with van der Waals surface area (Å²) in [5.41, 5.74) is 1.02.